The summed E-state index contributed by atoms with van der Waals surface area (Å²) in [5, 5.41) is 22.9. The van der Waals surface area contributed by atoms with Crippen LogP contribution in [-0.2, 0) is 4.74 Å². The van der Waals surface area contributed by atoms with Crippen LogP contribution in [0.2, 0.25) is 0 Å². The zero-order valence-corrected chi connectivity index (χ0v) is 13.0. The number of aliphatic hydroxyl groups is 2. The minimum atomic E-state index is -0.652. The second-order valence-electron chi connectivity index (χ2n) is 5.35. The highest BCUT2D eigenvalue weighted by molar-refractivity contribution is 4.78. The van der Waals surface area contributed by atoms with Gasteiger partial charge >= 0.3 is 0 Å². The molecule has 4 heteroatoms. The van der Waals surface area contributed by atoms with Crippen LogP contribution in [0.4, 0.5) is 0 Å². The largest absolute Gasteiger partial charge is 0.389 e. The van der Waals surface area contributed by atoms with Crippen molar-refractivity contribution in [3.8, 4) is 0 Å². The molecule has 4 nitrogen and oxygen atoms in total. The first-order chi connectivity index (χ1) is 9.08. The molecule has 0 bridgehead atoms. The zero-order valence-electron chi connectivity index (χ0n) is 13.0. The van der Waals surface area contributed by atoms with Crippen molar-refractivity contribution in [3.63, 3.8) is 0 Å². The van der Waals surface area contributed by atoms with Crippen molar-refractivity contribution in [1.82, 2.24) is 5.32 Å². The first-order valence-electron chi connectivity index (χ1n) is 7.76. The average Bonchev–Trinajstić information content (AvgIpc) is 2.42. The number of ether oxygens (including phenoxy) is 1. The highest BCUT2D eigenvalue weighted by Gasteiger charge is 2.21. The van der Waals surface area contributed by atoms with Crippen molar-refractivity contribution in [2.45, 2.75) is 71.0 Å². The van der Waals surface area contributed by atoms with Crippen LogP contribution in [0.3, 0.4) is 0 Å². The Hall–Kier alpha value is -0.160. The molecule has 19 heavy (non-hydrogen) atoms. The van der Waals surface area contributed by atoms with Gasteiger partial charge in [0.15, 0.2) is 0 Å². The second kappa shape index (κ2) is 11.6. The fourth-order valence-corrected chi connectivity index (χ4v) is 1.88. The molecular weight excluding hydrogens is 242 g/mol. The van der Waals surface area contributed by atoms with Gasteiger partial charge in [0.25, 0.3) is 0 Å². The van der Waals surface area contributed by atoms with E-state index in [4.69, 9.17) is 4.74 Å². The van der Waals surface area contributed by atoms with Crippen LogP contribution in [0.25, 0.3) is 0 Å². The Bertz CT molecular complexity index is 196. The molecule has 0 heterocycles. The Kier molecular flexibility index (Phi) is 11.6. The molecule has 1 unspecified atom stereocenters. The van der Waals surface area contributed by atoms with Gasteiger partial charge in [-0.1, -0.05) is 40.0 Å². The minimum Gasteiger partial charge on any atom is -0.389 e. The van der Waals surface area contributed by atoms with E-state index in [1.165, 1.54) is 19.3 Å². The number of rotatable bonds is 13. The van der Waals surface area contributed by atoms with Gasteiger partial charge in [0.05, 0.1) is 18.3 Å². The van der Waals surface area contributed by atoms with Crippen LogP contribution in [0.5, 0.6) is 0 Å². The molecular formula is C15H33NO3. The van der Waals surface area contributed by atoms with Gasteiger partial charge in [-0.05, 0) is 19.3 Å². The Morgan fingerprint density at radius 1 is 1.11 bits per heavy atom. The molecule has 0 aliphatic rings. The molecule has 0 radical (unpaired) electrons. The van der Waals surface area contributed by atoms with E-state index < -0.39 is 11.7 Å². The molecule has 0 saturated heterocycles. The van der Waals surface area contributed by atoms with Crippen LogP contribution in [0.1, 0.15) is 59.3 Å². The summed E-state index contributed by atoms with van der Waals surface area (Å²) >= 11 is 0. The number of unbranched alkanes of at least 4 members (excludes halogenated alkanes) is 3. The van der Waals surface area contributed by atoms with Gasteiger partial charge in [0.2, 0.25) is 0 Å². The summed E-state index contributed by atoms with van der Waals surface area (Å²) in [6.45, 7) is 8.22. The summed E-state index contributed by atoms with van der Waals surface area (Å²) < 4.78 is 5.42. The van der Waals surface area contributed by atoms with Gasteiger partial charge < -0.3 is 20.3 Å². The lowest BCUT2D eigenvalue weighted by Crippen LogP contribution is -2.42. The maximum Gasteiger partial charge on any atom is 0.0897 e. The highest BCUT2D eigenvalue weighted by atomic mass is 16.5. The molecule has 0 aromatic carbocycles. The fourth-order valence-electron chi connectivity index (χ4n) is 1.88. The van der Waals surface area contributed by atoms with E-state index in [0.717, 1.165) is 25.9 Å². The van der Waals surface area contributed by atoms with E-state index in [0.29, 0.717) is 19.7 Å². The summed E-state index contributed by atoms with van der Waals surface area (Å²) in [5.41, 5.74) is -0.652. The maximum absolute atomic E-state index is 10.1. The van der Waals surface area contributed by atoms with E-state index in [1.54, 1.807) is 0 Å². The molecule has 1 atom stereocenters. The molecule has 0 aliphatic heterocycles. The van der Waals surface area contributed by atoms with E-state index in [9.17, 15) is 10.2 Å². The van der Waals surface area contributed by atoms with E-state index in [2.05, 4.69) is 12.2 Å². The third kappa shape index (κ3) is 10.3. The minimum absolute atomic E-state index is 0.371. The Morgan fingerprint density at radius 3 is 2.37 bits per heavy atom. The normalized spacial score (nSPS) is 13.7. The molecule has 0 spiro atoms. The SMILES string of the molecule is CCCCCCOCC(O)CNCC(O)(CC)CC. The molecule has 0 fully saturated rings. The van der Waals surface area contributed by atoms with Crippen LogP contribution in [0.15, 0.2) is 0 Å². The summed E-state index contributed by atoms with van der Waals surface area (Å²) in [6.07, 6.45) is 5.69. The number of nitrogens with one attached hydrogen (secondary N) is 1. The van der Waals surface area contributed by atoms with Crippen molar-refractivity contribution in [2.24, 2.45) is 0 Å². The lowest BCUT2D eigenvalue weighted by Gasteiger charge is -2.26. The fraction of sp³-hybridized carbons (Fsp3) is 1.00. The standard InChI is InChI=1S/C15H33NO3/c1-4-7-8-9-10-19-12-14(17)11-16-13-15(18,5-2)6-3/h14,16-18H,4-13H2,1-3H3. The second-order valence-corrected chi connectivity index (χ2v) is 5.35. The van der Waals surface area contributed by atoms with Gasteiger partial charge in [0.1, 0.15) is 0 Å². The quantitative estimate of drug-likeness (QED) is 0.450. The topological polar surface area (TPSA) is 61.7 Å². The van der Waals surface area contributed by atoms with Crippen molar-refractivity contribution in [1.29, 1.82) is 0 Å². The lowest BCUT2D eigenvalue weighted by molar-refractivity contribution is 0.0158. The number of aliphatic hydroxyl groups excluding tert-OH is 1. The Labute approximate surface area is 118 Å². The van der Waals surface area contributed by atoms with E-state index in [-0.39, 0.29) is 0 Å². The molecule has 0 aromatic rings. The highest BCUT2D eigenvalue weighted by Crippen LogP contribution is 2.12. The van der Waals surface area contributed by atoms with Crippen molar-refractivity contribution < 1.29 is 14.9 Å². The number of hydrogen-bond donors (Lipinski definition) is 3. The smallest absolute Gasteiger partial charge is 0.0897 e. The van der Waals surface area contributed by atoms with Crippen LogP contribution in [0, 0.1) is 0 Å². The van der Waals surface area contributed by atoms with Gasteiger partial charge in [0, 0.05) is 19.7 Å². The predicted octanol–water partition coefficient (Wildman–Crippen LogP) is 2.08. The third-order valence-corrected chi connectivity index (χ3v) is 3.60. The van der Waals surface area contributed by atoms with E-state index >= 15 is 0 Å². The average molecular weight is 275 g/mol. The maximum atomic E-state index is 10.1. The first kappa shape index (κ1) is 18.8. The van der Waals surface area contributed by atoms with Gasteiger partial charge in [-0.2, -0.15) is 0 Å². The van der Waals surface area contributed by atoms with Crippen molar-refractivity contribution >= 4 is 0 Å². The predicted molar refractivity (Wildman–Crippen MR) is 79.4 cm³/mol. The summed E-state index contributed by atoms with van der Waals surface area (Å²) in [5.74, 6) is 0. The molecule has 0 aliphatic carbocycles. The lowest BCUT2D eigenvalue weighted by atomic mass is 9.97. The molecule has 3 N–H and O–H groups in total. The van der Waals surface area contributed by atoms with Crippen molar-refractivity contribution in [3.05, 3.63) is 0 Å². The molecule has 0 rings (SSSR count). The summed E-state index contributed by atoms with van der Waals surface area (Å²) in [4.78, 5) is 0. The van der Waals surface area contributed by atoms with E-state index in [1.807, 2.05) is 13.8 Å². The van der Waals surface area contributed by atoms with Gasteiger partial charge in [-0.15, -0.1) is 0 Å². The molecule has 0 amide bonds. The third-order valence-electron chi connectivity index (χ3n) is 3.60. The van der Waals surface area contributed by atoms with Crippen molar-refractivity contribution in [2.75, 3.05) is 26.3 Å². The number of hydrogen-bond acceptors (Lipinski definition) is 4. The molecule has 0 aromatic heterocycles. The molecule has 116 valence electrons. The van der Waals surface area contributed by atoms with Crippen LogP contribution in [-0.4, -0.2) is 48.2 Å². The zero-order chi connectivity index (χ0) is 14.6. The summed E-state index contributed by atoms with van der Waals surface area (Å²) in [6, 6.07) is 0. The van der Waals surface area contributed by atoms with Crippen LogP contribution < -0.4 is 5.32 Å². The monoisotopic (exact) mass is 275 g/mol. The van der Waals surface area contributed by atoms with Gasteiger partial charge in [-0.3, -0.25) is 0 Å². The Balaban J connectivity index is 3.46. The summed E-state index contributed by atoms with van der Waals surface area (Å²) in [7, 11) is 0. The van der Waals surface area contributed by atoms with Crippen LogP contribution >= 0.6 is 0 Å². The Morgan fingerprint density at radius 2 is 1.79 bits per heavy atom. The van der Waals surface area contributed by atoms with Gasteiger partial charge in [-0.25, -0.2) is 0 Å². The molecule has 0 saturated carbocycles. The first-order valence-corrected chi connectivity index (χ1v) is 7.76.